The molecule has 0 aliphatic rings. The minimum Gasteiger partial charge on any atom is -0.380 e. The number of hydrogen-bond acceptors (Lipinski definition) is 2. The minimum absolute atomic E-state index is 0.621. The van der Waals surface area contributed by atoms with Crippen LogP contribution < -0.4 is 5.32 Å². The number of anilines is 2. The lowest BCUT2D eigenvalue weighted by molar-refractivity contribution is 0.185. The molecule has 0 aromatic heterocycles. The van der Waals surface area contributed by atoms with Crippen molar-refractivity contribution >= 4 is 11.4 Å². The Hall–Kier alpha value is -1.80. The highest BCUT2D eigenvalue weighted by Crippen LogP contribution is 2.20. The molecule has 0 bridgehead atoms. The van der Waals surface area contributed by atoms with Gasteiger partial charge in [0, 0.05) is 24.0 Å². The third-order valence-corrected chi connectivity index (χ3v) is 2.37. The van der Waals surface area contributed by atoms with E-state index in [-0.39, 0.29) is 0 Å². The highest BCUT2D eigenvalue weighted by atomic mass is 16.5. The van der Waals surface area contributed by atoms with Crippen LogP contribution in [0.25, 0.3) is 0 Å². The zero-order valence-electron chi connectivity index (χ0n) is 9.31. The molecule has 82 valence electrons. The molecule has 0 amide bonds. The summed E-state index contributed by atoms with van der Waals surface area (Å²) in [6.07, 6.45) is 0. The summed E-state index contributed by atoms with van der Waals surface area (Å²) in [7, 11) is 1.71. The first-order valence-corrected chi connectivity index (χ1v) is 5.29. The van der Waals surface area contributed by atoms with Crippen molar-refractivity contribution in [2.24, 2.45) is 0 Å². The van der Waals surface area contributed by atoms with Gasteiger partial charge in [-0.15, -0.1) is 0 Å². The molecule has 2 nitrogen and oxygen atoms in total. The van der Waals surface area contributed by atoms with Crippen molar-refractivity contribution in [3.8, 4) is 0 Å². The number of ether oxygens (including phenoxy) is 1. The standard InChI is InChI=1S/C14H15NO/c1-16-11-12-7-5-6-10-14(12)15-13-8-3-2-4-9-13/h2-10,15H,11H2,1H3. The maximum absolute atomic E-state index is 5.17. The van der Waals surface area contributed by atoms with E-state index < -0.39 is 0 Å². The van der Waals surface area contributed by atoms with Gasteiger partial charge in [0.25, 0.3) is 0 Å². The maximum Gasteiger partial charge on any atom is 0.0733 e. The summed E-state index contributed by atoms with van der Waals surface area (Å²) in [6.45, 7) is 0.621. The fraction of sp³-hybridized carbons (Fsp3) is 0.143. The normalized spacial score (nSPS) is 10.1. The van der Waals surface area contributed by atoms with Gasteiger partial charge in [-0.2, -0.15) is 0 Å². The average Bonchev–Trinajstić information content (AvgIpc) is 2.33. The Morgan fingerprint density at radius 1 is 0.938 bits per heavy atom. The Labute approximate surface area is 95.9 Å². The number of nitrogens with one attached hydrogen (secondary N) is 1. The van der Waals surface area contributed by atoms with Gasteiger partial charge in [0.2, 0.25) is 0 Å². The molecule has 0 saturated heterocycles. The van der Waals surface area contributed by atoms with E-state index in [2.05, 4.69) is 17.4 Å². The molecule has 2 heteroatoms. The second kappa shape index (κ2) is 5.33. The molecule has 1 N–H and O–H groups in total. The quantitative estimate of drug-likeness (QED) is 0.838. The van der Waals surface area contributed by atoms with Crippen LogP contribution in [0.4, 0.5) is 11.4 Å². The predicted molar refractivity (Wildman–Crippen MR) is 66.9 cm³/mol. The maximum atomic E-state index is 5.17. The van der Waals surface area contributed by atoms with Crippen molar-refractivity contribution in [2.45, 2.75) is 6.61 Å². The van der Waals surface area contributed by atoms with Gasteiger partial charge in [0.1, 0.15) is 0 Å². The molecular weight excluding hydrogens is 198 g/mol. The number of hydrogen-bond donors (Lipinski definition) is 1. The fourth-order valence-corrected chi connectivity index (χ4v) is 1.60. The second-order valence-corrected chi connectivity index (χ2v) is 3.58. The predicted octanol–water partition coefficient (Wildman–Crippen LogP) is 3.58. The van der Waals surface area contributed by atoms with E-state index in [1.807, 2.05) is 42.5 Å². The van der Waals surface area contributed by atoms with Crippen molar-refractivity contribution in [1.82, 2.24) is 0 Å². The third-order valence-electron chi connectivity index (χ3n) is 2.37. The first-order chi connectivity index (χ1) is 7.90. The topological polar surface area (TPSA) is 21.3 Å². The van der Waals surface area contributed by atoms with Crippen LogP contribution in [0.2, 0.25) is 0 Å². The van der Waals surface area contributed by atoms with Gasteiger partial charge in [-0.25, -0.2) is 0 Å². The Morgan fingerprint density at radius 2 is 1.62 bits per heavy atom. The van der Waals surface area contributed by atoms with Crippen molar-refractivity contribution in [2.75, 3.05) is 12.4 Å². The number of benzene rings is 2. The van der Waals surface area contributed by atoms with Crippen LogP contribution in [0.3, 0.4) is 0 Å². The van der Waals surface area contributed by atoms with Crippen LogP contribution >= 0.6 is 0 Å². The van der Waals surface area contributed by atoms with Crippen LogP contribution in [0, 0.1) is 0 Å². The second-order valence-electron chi connectivity index (χ2n) is 3.58. The molecular formula is C14H15NO. The van der Waals surface area contributed by atoms with E-state index in [0.29, 0.717) is 6.61 Å². The zero-order chi connectivity index (χ0) is 11.2. The molecule has 2 rings (SSSR count). The summed E-state index contributed by atoms with van der Waals surface area (Å²) in [6, 6.07) is 18.3. The molecule has 2 aromatic rings. The van der Waals surface area contributed by atoms with Crippen LogP contribution in [0.15, 0.2) is 54.6 Å². The molecule has 0 saturated carbocycles. The Bertz CT molecular complexity index is 439. The first kappa shape index (κ1) is 10.7. The molecule has 0 atom stereocenters. The highest BCUT2D eigenvalue weighted by molar-refractivity contribution is 5.62. The van der Waals surface area contributed by atoms with E-state index in [9.17, 15) is 0 Å². The van der Waals surface area contributed by atoms with E-state index in [1.54, 1.807) is 7.11 Å². The molecule has 0 radical (unpaired) electrons. The number of methoxy groups -OCH3 is 1. The lowest BCUT2D eigenvalue weighted by atomic mass is 10.2. The van der Waals surface area contributed by atoms with Crippen molar-refractivity contribution < 1.29 is 4.74 Å². The zero-order valence-corrected chi connectivity index (χ0v) is 9.31. The van der Waals surface area contributed by atoms with Crippen molar-refractivity contribution in [1.29, 1.82) is 0 Å². The van der Waals surface area contributed by atoms with Gasteiger partial charge in [0.15, 0.2) is 0 Å². The van der Waals surface area contributed by atoms with Crippen LogP contribution in [-0.4, -0.2) is 7.11 Å². The molecule has 0 unspecified atom stereocenters. The van der Waals surface area contributed by atoms with Crippen LogP contribution in [0.1, 0.15) is 5.56 Å². The van der Waals surface area contributed by atoms with Crippen molar-refractivity contribution in [3.63, 3.8) is 0 Å². The van der Waals surface area contributed by atoms with Gasteiger partial charge >= 0.3 is 0 Å². The molecule has 0 heterocycles. The van der Waals surface area contributed by atoms with Crippen LogP contribution in [0.5, 0.6) is 0 Å². The monoisotopic (exact) mass is 213 g/mol. The van der Waals surface area contributed by atoms with Crippen LogP contribution in [-0.2, 0) is 11.3 Å². The highest BCUT2D eigenvalue weighted by Gasteiger charge is 2.00. The lowest BCUT2D eigenvalue weighted by Crippen LogP contribution is -1.96. The fourth-order valence-electron chi connectivity index (χ4n) is 1.60. The summed E-state index contributed by atoms with van der Waals surface area (Å²) in [5.74, 6) is 0. The van der Waals surface area contributed by atoms with Crippen molar-refractivity contribution in [3.05, 3.63) is 60.2 Å². The Balaban J connectivity index is 2.21. The third kappa shape index (κ3) is 2.61. The van der Waals surface area contributed by atoms with Gasteiger partial charge in [-0.05, 0) is 18.2 Å². The summed E-state index contributed by atoms with van der Waals surface area (Å²) >= 11 is 0. The average molecular weight is 213 g/mol. The SMILES string of the molecule is COCc1ccccc1Nc1ccccc1. The first-order valence-electron chi connectivity index (χ1n) is 5.29. The van der Waals surface area contributed by atoms with Gasteiger partial charge < -0.3 is 10.1 Å². The lowest BCUT2D eigenvalue weighted by Gasteiger charge is -2.11. The number of para-hydroxylation sites is 2. The summed E-state index contributed by atoms with van der Waals surface area (Å²) in [5, 5.41) is 3.38. The Kier molecular flexibility index (Phi) is 3.57. The largest absolute Gasteiger partial charge is 0.380 e. The number of rotatable bonds is 4. The van der Waals surface area contributed by atoms with E-state index in [0.717, 1.165) is 16.9 Å². The minimum atomic E-state index is 0.621. The smallest absolute Gasteiger partial charge is 0.0733 e. The molecule has 16 heavy (non-hydrogen) atoms. The molecule has 2 aromatic carbocycles. The van der Waals surface area contributed by atoms with Gasteiger partial charge in [-0.3, -0.25) is 0 Å². The van der Waals surface area contributed by atoms with Gasteiger partial charge in [0.05, 0.1) is 6.61 Å². The van der Waals surface area contributed by atoms with Gasteiger partial charge in [-0.1, -0.05) is 36.4 Å². The van der Waals surface area contributed by atoms with E-state index >= 15 is 0 Å². The molecule has 0 spiro atoms. The summed E-state index contributed by atoms with van der Waals surface area (Å²) in [4.78, 5) is 0. The van der Waals surface area contributed by atoms with E-state index in [4.69, 9.17) is 4.74 Å². The summed E-state index contributed by atoms with van der Waals surface area (Å²) < 4.78 is 5.17. The Morgan fingerprint density at radius 3 is 2.38 bits per heavy atom. The molecule has 0 aliphatic carbocycles. The van der Waals surface area contributed by atoms with E-state index in [1.165, 1.54) is 0 Å². The summed E-state index contributed by atoms with van der Waals surface area (Å²) in [5.41, 5.74) is 3.34. The molecule has 0 aliphatic heterocycles. The molecule has 0 fully saturated rings.